The zero-order valence-corrected chi connectivity index (χ0v) is 16.8. The third-order valence-electron chi connectivity index (χ3n) is 5.23. The summed E-state index contributed by atoms with van der Waals surface area (Å²) >= 11 is 0. The van der Waals surface area contributed by atoms with Gasteiger partial charge in [-0.25, -0.2) is 19.0 Å². The fraction of sp³-hybridized carbons (Fsp3) is 0.333. The predicted molar refractivity (Wildman–Crippen MR) is 114 cm³/mol. The van der Waals surface area contributed by atoms with Crippen molar-refractivity contribution >= 4 is 39.3 Å². The maximum atomic E-state index is 14.7. The van der Waals surface area contributed by atoms with Crippen LogP contribution in [0.25, 0.3) is 21.9 Å². The summed E-state index contributed by atoms with van der Waals surface area (Å²) < 4.78 is 21.9. The fourth-order valence-corrected chi connectivity index (χ4v) is 3.72. The summed E-state index contributed by atoms with van der Waals surface area (Å²) in [5.41, 5.74) is 3.57. The fourth-order valence-electron chi connectivity index (χ4n) is 3.72. The van der Waals surface area contributed by atoms with E-state index in [9.17, 15) is 4.39 Å². The molecule has 2 aromatic heterocycles. The molecule has 1 fully saturated rings. The number of aromatic nitrogens is 5. The topological polar surface area (TPSA) is 81.0 Å². The number of anilines is 3. The van der Waals surface area contributed by atoms with Crippen LogP contribution in [-0.2, 0) is 4.74 Å². The van der Waals surface area contributed by atoms with Crippen molar-refractivity contribution in [3.05, 3.63) is 42.3 Å². The summed E-state index contributed by atoms with van der Waals surface area (Å²) in [6, 6.07) is 9.08. The van der Waals surface area contributed by atoms with Gasteiger partial charge in [-0.05, 0) is 44.2 Å². The number of halogens is 1. The Kier molecular flexibility index (Phi) is 4.66. The summed E-state index contributed by atoms with van der Waals surface area (Å²) in [5.74, 6) is 0.109. The Morgan fingerprint density at radius 2 is 1.97 bits per heavy atom. The Balaban J connectivity index is 1.48. The van der Waals surface area contributed by atoms with E-state index in [1.165, 1.54) is 6.07 Å². The smallest absolute Gasteiger partial charge is 0.227 e. The molecule has 2 aromatic carbocycles. The van der Waals surface area contributed by atoms with Crippen molar-refractivity contribution in [3.63, 3.8) is 0 Å². The van der Waals surface area contributed by atoms with E-state index in [-0.39, 0.29) is 11.9 Å². The molecule has 0 bridgehead atoms. The molecule has 1 aliphatic rings. The lowest BCUT2D eigenvalue weighted by Gasteiger charge is -2.29. The maximum absolute atomic E-state index is 14.7. The molecular weight excluding hydrogens is 385 g/mol. The van der Waals surface area contributed by atoms with E-state index >= 15 is 0 Å². The standard InChI is InChI=1S/C21H22FN7O/c1-13(2)29-20-17(26-27-29)5-3-14-12-23-21(25-19(14)20)24-15-4-6-18(16(22)11-15)28-7-9-30-10-8-28/h3-6,11-13H,7-10H2,1-2H3,(H,23,24,25). The minimum absolute atomic E-state index is 0.147. The Bertz CT molecular complexity index is 1220. The van der Waals surface area contributed by atoms with Crippen LogP contribution in [0, 0.1) is 5.82 Å². The number of benzene rings is 2. The van der Waals surface area contributed by atoms with Gasteiger partial charge in [0.15, 0.2) is 0 Å². The Hall–Kier alpha value is -3.33. The summed E-state index contributed by atoms with van der Waals surface area (Å²) in [6.45, 7) is 6.69. The second-order valence-electron chi connectivity index (χ2n) is 7.58. The highest BCUT2D eigenvalue weighted by atomic mass is 19.1. The van der Waals surface area contributed by atoms with E-state index in [0.717, 1.165) is 21.9 Å². The van der Waals surface area contributed by atoms with Gasteiger partial charge < -0.3 is 15.0 Å². The third-order valence-corrected chi connectivity index (χ3v) is 5.23. The number of nitrogens with one attached hydrogen (secondary N) is 1. The molecule has 8 nitrogen and oxygen atoms in total. The summed E-state index contributed by atoms with van der Waals surface area (Å²) in [5, 5.41) is 12.5. The highest BCUT2D eigenvalue weighted by molar-refractivity contribution is 6.01. The van der Waals surface area contributed by atoms with E-state index in [0.29, 0.717) is 43.6 Å². The van der Waals surface area contributed by atoms with Gasteiger partial charge in [0.05, 0.1) is 18.9 Å². The van der Waals surface area contributed by atoms with E-state index in [1.807, 2.05) is 41.6 Å². The van der Waals surface area contributed by atoms with Gasteiger partial charge in [0.2, 0.25) is 5.95 Å². The molecule has 0 amide bonds. The first-order chi connectivity index (χ1) is 14.6. The van der Waals surface area contributed by atoms with Crippen LogP contribution in [0.4, 0.5) is 21.7 Å². The molecule has 0 unspecified atom stereocenters. The molecule has 0 radical (unpaired) electrons. The molecule has 0 spiro atoms. The summed E-state index contributed by atoms with van der Waals surface area (Å²) in [4.78, 5) is 11.1. The zero-order valence-electron chi connectivity index (χ0n) is 16.8. The molecule has 9 heteroatoms. The number of nitrogens with zero attached hydrogens (tertiary/aromatic N) is 6. The number of hydrogen-bond donors (Lipinski definition) is 1. The molecule has 154 valence electrons. The van der Waals surface area contributed by atoms with Crippen LogP contribution in [0.1, 0.15) is 19.9 Å². The van der Waals surface area contributed by atoms with Crippen molar-refractivity contribution < 1.29 is 9.13 Å². The minimum Gasteiger partial charge on any atom is -0.378 e. The minimum atomic E-state index is -0.285. The quantitative estimate of drug-likeness (QED) is 0.553. The Labute approximate surface area is 172 Å². The molecule has 1 saturated heterocycles. The van der Waals surface area contributed by atoms with Crippen LogP contribution in [0.5, 0.6) is 0 Å². The molecule has 4 aromatic rings. The van der Waals surface area contributed by atoms with Gasteiger partial charge in [-0.1, -0.05) is 5.21 Å². The number of hydrogen-bond acceptors (Lipinski definition) is 7. The molecule has 30 heavy (non-hydrogen) atoms. The second kappa shape index (κ2) is 7.49. The van der Waals surface area contributed by atoms with Gasteiger partial charge in [0.25, 0.3) is 0 Å². The van der Waals surface area contributed by atoms with E-state index in [1.54, 1.807) is 12.3 Å². The monoisotopic (exact) mass is 407 g/mol. The molecule has 0 saturated carbocycles. The van der Waals surface area contributed by atoms with Crippen LogP contribution < -0.4 is 10.2 Å². The first kappa shape index (κ1) is 18.7. The number of morpholine rings is 1. The first-order valence-electron chi connectivity index (χ1n) is 10.00. The SMILES string of the molecule is CC(C)n1nnc2ccc3cnc(Nc4ccc(N5CCOCC5)c(F)c4)nc3c21. The maximum Gasteiger partial charge on any atom is 0.227 e. The van der Waals surface area contributed by atoms with Gasteiger partial charge in [0.1, 0.15) is 22.4 Å². The predicted octanol–water partition coefficient (Wildman–Crippen LogP) is 3.67. The largest absolute Gasteiger partial charge is 0.378 e. The lowest BCUT2D eigenvalue weighted by Crippen LogP contribution is -2.36. The normalized spacial score (nSPS) is 14.7. The van der Waals surface area contributed by atoms with Crippen LogP contribution in [0.3, 0.4) is 0 Å². The van der Waals surface area contributed by atoms with Gasteiger partial charge in [-0.2, -0.15) is 0 Å². The molecule has 3 heterocycles. The number of ether oxygens (including phenoxy) is 1. The lowest BCUT2D eigenvalue weighted by molar-refractivity contribution is 0.122. The lowest BCUT2D eigenvalue weighted by atomic mass is 10.2. The first-order valence-corrected chi connectivity index (χ1v) is 10.00. The molecule has 0 aliphatic carbocycles. The van der Waals surface area contributed by atoms with Crippen molar-refractivity contribution in [2.75, 3.05) is 36.5 Å². The van der Waals surface area contributed by atoms with Gasteiger partial charge in [-0.3, -0.25) is 0 Å². The number of fused-ring (bicyclic) bond motifs is 3. The average Bonchev–Trinajstić information content (AvgIpc) is 3.20. The Morgan fingerprint density at radius 3 is 2.73 bits per heavy atom. The molecule has 0 atom stereocenters. The van der Waals surface area contributed by atoms with Gasteiger partial charge in [-0.15, -0.1) is 5.10 Å². The molecule has 1 aliphatic heterocycles. The van der Waals surface area contributed by atoms with Crippen molar-refractivity contribution in [2.24, 2.45) is 0 Å². The van der Waals surface area contributed by atoms with E-state index < -0.39 is 0 Å². The van der Waals surface area contributed by atoms with Crippen molar-refractivity contribution in [2.45, 2.75) is 19.9 Å². The van der Waals surface area contributed by atoms with Crippen molar-refractivity contribution in [3.8, 4) is 0 Å². The van der Waals surface area contributed by atoms with Gasteiger partial charge >= 0.3 is 0 Å². The summed E-state index contributed by atoms with van der Waals surface area (Å²) in [6.07, 6.45) is 1.75. The third kappa shape index (κ3) is 3.30. The molecular formula is C21H22FN7O. The van der Waals surface area contributed by atoms with E-state index in [4.69, 9.17) is 4.74 Å². The van der Waals surface area contributed by atoms with Crippen LogP contribution in [0.15, 0.2) is 36.5 Å². The van der Waals surface area contributed by atoms with Gasteiger partial charge in [0, 0.05) is 36.4 Å². The van der Waals surface area contributed by atoms with Crippen LogP contribution in [-0.4, -0.2) is 51.3 Å². The highest BCUT2D eigenvalue weighted by Gasteiger charge is 2.16. The van der Waals surface area contributed by atoms with Crippen LogP contribution >= 0.6 is 0 Å². The van der Waals surface area contributed by atoms with E-state index in [2.05, 4.69) is 25.6 Å². The van der Waals surface area contributed by atoms with Crippen molar-refractivity contribution in [1.29, 1.82) is 0 Å². The average molecular weight is 407 g/mol. The summed E-state index contributed by atoms with van der Waals surface area (Å²) in [7, 11) is 0. The highest BCUT2D eigenvalue weighted by Crippen LogP contribution is 2.27. The van der Waals surface area contributed by atoms with Crippen LogP contribution in [0.2, 0.25) is 0 Å². The van der Waals surface area contributed by atoms with Crippen molar-refractivity contribution in [1.82, 2.24) is 25.0 Å². The molecule has 1 N–H and O–H groups in total. The molecule has 5 rings (SSSR count). The zero-order chi connectivity index (χ0) is 20.7. The second-order valence-corrected chi connectivity index (χ2v) is 7.58. The Morgan fingerprint density at radius 1 is 1.13 bits per heavy atom. The number of rotatable bonds is 4.